The average molecular weight is 245 g/mol. The van der Waals surface area contributed by atoms with Crippen LogP contribution in [0.1, 0.15) is 24.0 Å². The van der Waals surface area contributed by atoms with Crippen molar-refractivity contribution in [2.45, 2.75) is 25.4 Å². The Bertz CT molecular complexity index is 507. The third-order valence-corrected chi connectivity index (χ3v) is 3.27. The fourth-order valence-corrected chi connectivity index (χ4v) is 2.34. The molecule has 0 spiro atoms. The predicted molar refractivity (Wildman–Crippen MR) is 65.4 cm³/mol. The van der Waals surface area contributed by atoms with E-state index >= 15 is 0 Å². The second-order valence-electron chi connectivity index (χ2n) is 4.49. The Morgan fingerprint density at radius 3 is 3.06 bits per heavy atom. The number of likely N-dealkylation sites (tertiary alicyclic amines) is 1. The molecule has 1 aromatic carbocycles. The summed E-state index contributed by atoms with van der Waals surface area (Å²) >= 11 is 0. The maximum absolute atomic E-state index is 11.3. The molecule has 0 aromatic heterocycles. The first kappa shape index (κ1) is 12.4. The highest BCUT2D eigenvalue weighted by atomic mass is 16.3. The van der Waals surface area contributed by atoms with Crippen molar-refractivity contribution in [2.24, 2.45) is 5.73 Å². The topological polar surface area (TPSA) is 90.3 Å². The van der Waals surface area contributed by atoms with Gasteiger partial charge in [0.25, 0.3) is 0 Å². The number of aromatic hydroxyl groups is 1. The molecule has 1 saturated heterocycles. The Morgan fingerprint density at radius 2 is 2.39 bits per heavy atom. The molecular weight excluding hydrogens is 230 g/mol. The van der Waals surface area contributed by atoms with Crippen molar-refractivity contribution in [2.75, 3.05) is 6.54 Å². The van der Waals surface area contributed by atoms with Gasteiger partial charge in [0.2, 0.25) is 5.91 Å². The van der Waals surface area contributed by atoms with Crippen LogP contribution in [0.2, 0.25) is 0 Å². The molecule has 1 aliphatic rings. The molecule has 1 amide bonds. The summed E-state index contributed by atoms with van der Waals surface area (Å²) in [6.45, 7) is 1.22. The molecule has 3 N–H and O–H groups in total. The van der Waals surface area contributed by atoms with Gasteiger partial charge in [0.15, 0.2) is 0 Å². The molecule has 0 radical (unpaired) electrons. The first-order valence-electron chi connectivity index (χ1n) is 5.87. The van der Waals surface area contributed by atoms with Crippen LogP contribution in [0.4, 0.5) is 0 Å². The molecule has 0 bridgehead atoms. The zero-order chi connectivity index (χ0) is 13.1. The van der Waals surface area contributed by atoms with E-state index in [1.807, 2.05) is 11.0 Å². The highest BCUT2D eigenvalue weighted by molar-refractivity contribution is 5.80. The maximum Gasteiger partial charge on any atom is 0.234 e. The van der Waals surface area contributed by atoms with Gasteiger partial charge < -0.3 is 10.8 Å². The standard InChI is InChI=1S/C13H15N3O2/c14-7-9-3-4-12(17)10(6-9)8-16-5-1-2-11(16)13(15)18/h3-4,6,11,17H,1-2,5,8H2,(H2,15,18). The number of phenolic OH excluding ortho intramolecular Hbond substituents is 1. The quantitative estimate of drug-likeness (QED) is 0.820. The number of nitrogens with zero attached hydrogens (tertiary/aromatic N) is 2. The molecular formula is C13H15N3O2. The van der Waals surface area contributed by atoms with E-state index < -0.39 is 0 Å². The zero-order valence-electron chi connectivity index (χ0n) is 9.97. The largest absolute Gasteiger partial charge is 0.508 e. The lowest BCUT2D eigenvalue weighted by Crippen LogP contribution is -2.39. The second-order valence-corrected chi connectivity index (χ2v) is 4.49. The molecule has 1 unspecified atom stereocenters. The zero-order valence-corrected chi connectivity index (χ0v) is 9.97. The highest BCUT2D eigenvalue weighted by Crippen LogP contribution is 2.25. The lowest BCUT2D eigenvalue weighted by atomic mass is 10.1. The van der Waals surface area contributed by atoms with Crippen LogP contribution in [-0.4, -0.2) is 28.5 Å². The lowest BCUT2D eigenvalue weighted by molar-refractivity contribution is -0.122. The van der Waals surface area contributed by atoms with Crippen molar-refractivity contribution in [1.29, 1.82) is 5.26 Å². The summed E-state index contributed by atoms with van der Waals surface area (Å²) in [5.41, 5.74) is 6.49. The molecule has 5 heteroatoms. The molecule has 1 aliphatic heterocycles. The Morgan fingerprint density at radius 1 is 1.61 bits per heavy atom. The Hall–Kier alpha value is -2.06. The molecule has 0 saturated carbocycles. The van der Waals surface area contributed by atoms with Crippen LogP contribution in [0, 0.1) is 11.3 Å². The summed E-state index contributed by atoms with van der Waals surface area (Å²) in [7, 11) is 0. The van der Waals surface area contributed by atoms with E-state index in [0.29, 0.717) is 17.7 Å². The fraction of sp³-hybridized carbons (Fsp3) is 0.385. The van der Waals surface area contributed by atoms with Gasteiger partial charge in [-0.1, -0.05) is 0 Å². The van der Waals surface area contributed by atoms with E-state index in [1.165, 1.54) is 6.07 Å². The van der Waals surface area contributed by atoms with Gasteiger partial charge in [-0.3, -0.25) is 9.69 Å². The molecule has 1 atom stereocenters. The normalized spacial score (nSPS) is 19.6. The summed E-state index contributed by atoms with van der Waals surface area (Å²) in [5.74, 6) is -0.187. The molecule has 94 valence electrons. The van der Waals surface area contributed by atoms with Crippen molar-refractivity contribution in [3.8, 4) is 11.8 Å². The summed E-state index contributed by atoms with van der Waals surface area (Å²) in [5, 5.41) is 18.6. The summed E-state index contributed by atoms with van der Waals surface area (Å²) in [6, 6.07) is 6.48. The molecule has 1 heterocycles. The number of hydrogen-bond acceptors (Lipinski definition) is 4. The van der Waals surface area contributed by atoms with E-state index in [0.717, 1.165) is 19.4 Å². The van der Waals surface area contributed by atoms with Crippen molar-refractivity contribution in [1.82, 2.24) is 4.90 Å². The number of primary amides is 1. The van der Waals surface area contributed by atoms with Crippen LogP contribution >= 0.6 is 0 Å². The van der Waals surface area contributed by atoms with E-state index in [4.69, 9.17) is 11.0 Å². The van der Waals surface area contributed by atoms with Gasteiger partial charge in [0.1, 0.15) is 5.75 Å². The predicted octanol–water partition coefficient (Wildman–Crippen LogP) is 0.714. The van der Waals surface area contributed by atoms with E-state index in [9.17, 15) is 9.90 Å². The molecule has 1 aromatic rings. The SMILES string of the molecule is N#Cc1ccc(O)c(CN2CCCC2C(N)=O)c1. The number of nitrogens with two attached hydrogens (primary N) is 1. The number of hydrogen-bond donors (Lipinski definition) is 2. The number of phenols is 1. The van der Waals surface area contributed by atoms with Crippen molar-refractivity contribution in [3.63, 3.8) is 0 Å². The van der Waals surface area contributed by atoms with Gasteiger partial charge in [0, 0.05) is 12.1 Å². The minimum atomic E-state index is -0.330. The summed E-state index contributed by atoms with van der Waals surface area (Å²) < 4.78 is 0. The average Bonchev–Trinajstić information content (AvgIpc) is 2.80. The van der Waals surface area contributed by atoms with Gasteiger partial charge >= 0.3 is 0 Å². The van der Waals surface area contributed by atoms with Gasteiger partial charge in [-0.2, -0.15) is 5.26 Å². The van der Waals surface area contributed by atoms with E-state index in [2.05, 4.69) is 0 Å². The molecule has 2 rings (SSSR count). The lowest BCUT2D eigenvalue weighted by Gasteiger charge is -2.22. The Labute approximate surface area is 105 Å². The molecule has 18 heavy (non-hydrogen) atoms. The third-order valence-electron chi connectivity index (χ3n) is 3.27. The first-order chi connectivity index (χ1) is 8.61. The van der Waals surface area contributed by atoms with Crippen molar-refractivity contribution in [3.05, 3.63) is 29.3 Å². The van der Waals surface area contributed by atoms with Crippen LogP contribution < -0.4 is 5.73 Å². The monoisotopic (exact) mass is 245 g/mol. The number of carbonyl (C=O) groups excluding carboxylic acids is 1. The Kier molecular flexibility index (Phi) is 3.49. The summed E-state index contributed by atoms with van der Waals surface area (Å²) in [6.07, 6.45) is 1.68. The first-order valence-corrected chi connectivity index (χ1v) is 5.87. The van der Waals surface area contributed by atoms with Gasteiger partial charge in [-0.25, -0.2) is 0 Å². The maximum atomic E-state index is 11.3. The number of benzene rings is 1. The van der Waals surface area contributed by atoms with Crippen LogP contribution in [-0.2, 0) is 11.3 Å². The summed E-state index contributed by atoms with van der Waals surface area (Å²) in [4.78, 5) is 13.2. The van der Waals surface area contributed by atoms with E-state index in [-0.39, 0.29) is 17.7 Å². The second kappa shape index (κ2) is 5.07. The van der Waals surface area contributed by atoms with Crippen LogP contribution in [0.25, 0.3) is 0 Å². The minimum absolute atomic E-state index is 0.143. The van der Waals surface area contributed by atoms with Crippen molar-refractivity contribution < 1.29 is 9.90 Å². The number of nitriles is 1. The molecule has 5 nitrogen and oxygen atoms in total. The highest BCUT2D eigenvalue weighted by Gasteiger charge is 2.29. The third kappa shape index (κ3) is 2.44. The molecule has 1 fully saturated rings. The van der Waals surface area contributed by atoms with Gasteiger partial charge in [-0.05, 0) is 37.6 Å². The van der Waals surface area contributed by atoms with E-state index in [1.54, 1.807) is 12.1 Å². The number of rotatable bonds is 3. The molecule has 0 aliphatic carbocycles. The van der Waals surface area contributed by atoms with Crippen LogP contribution in [0.3, 0.4) is 0 Å². The number of carbonyl (C=O) groups is 1. The smallest absolute Gasteiger partial charge is 0.234 e. The Balaban J connectivity index is 2.18. The van der Waals surface area contributed by atoms with Crippen LogP contribution in [0.15, 0.2) is 18.2 Å². The number of amides is 1. The minimum Gasteiger partial charge on any atom is -0.508 e. The van der Waals surface area contributed by atoms with Crippen molar-refractivity contribution >= 4 is 5.91 Å². The van der Waals surface area contributed by atoms with Crippen LogP contribution in [0.5, 0.6) is 5.75 Å². The van der Waals surface area contributed by atoms with Gasteiger partial charge in [0.05, 0.1) is 17.7 Å². The fourth-order valence-electron chi connectivity index (χ4n) is 2.34. The van der Waals surface area contributed by atoms with Gasteiger partial charge in [-0.15, -0.1) is 0 Å².